The topological polar surface area (TPSA) is 47.0 Å². The number of rotatable bonds is 7. The Hall–Kier alpha value is -1.59. The summed E-state index contributed by atoms with van der Waals surface area (Å²) in [6.07, 6.45) is 14.1. The van der Waals surface area contributed by atoms with E-state index in [2.05, 4.69) is 59.1 Å². The molecule has 188 valence electrons. The van der Waals surface area contributed by atoms with Gasteiger partial charge in [-0.1, -0.05) is 56.0 Å². The third-order valence-electron chi connectivity index (χ3n) is 10.0. The van der Waals surface area contributed by atoms with E-state index in [0.717, 1.165) is 70.9 Å². The predicted octanol–water partition coefficient (Wildman–Crippen LogP) is 5.38. The maximum atomic E-state index is 13.8. The van der Waals surface area contributed by atoms with Crippen LogP contribution in [0.2, 0.25) is 0 Å². The molecule has 4 fully saturated rings. The average Bonchev–Trinajstić information content (AvgIpc) is 3.07. The van der Waals surface area contributed by atoms with Crippen molar-refractivity contribution in [2.75, 3.05) is 33.7 Å². The van der Waals surface area contributed by atoms with Crippen LogP contribution in [0.3, 0.4) is 0 Å². The second-order valence-electron chi connectivity index (χ2n) is 12.2. The van der Waals surface area contributed by atoms with E-state index in [9.17, 15) is 9.90 Å². The molecule has 0 atom stereocenters. The lowest BCUT2D eigenvalue weighted by Crippen LogP contribution is -2.56. The molecule has 1 aromatic carbocycles. The molecule has 5 rings (SSSR count). The second kappa shape index (κ2) is 9.46. The highest BCUT2D eigenvalue weighted by molar-refractivity contribution is 5.78. The van der Waals surface area contributed by atoms with E-state index in [1.165, 1.54) is 31.2 Å². The van der Waals surface area contributed by atoms with Gasteiger partial charge in [-0.2, -0.15) is 0 Å². The third kappa shape index (κ3) is 4.39. The van der Waals surface area contributed by atoms with Gasteiger partial charge in [0.25, 0.3) is 0 Å². The standard InChI is InChI=1S/C29H45N3O2/c1-30(2)29(25-12-5-3-6-13-25)18-16-27(17-19-29)23-31(21-20-28(34)14-7-4-8-15-28)26(33)32(27)22-24-10-9-11-24/h3,5-6,12-13,24,34H,4,7-11,14-23H2,1-2H3/t27-,29-. The van der Waals surface area contributed by atoms with Gasteiger partial charge in [-0.15, -0.1) is 0 Å². The van der Waals surface area contributed by atoms with Crippen LogP contribution in [0.5, 0.6) is 0 Å². The van der Waals surface area contributed by atoms with Gasteiger partial charge in [-0.3, -0.25) is 4.90 Å². The van der Waals surface area contributed by atoms with Crippen molar-refractivity contribution in [2.45, 2.75) is 100 Å². The van der Waals surface area contributed by atoms with E-state index >= 15 is 0 Å². The van der Waals surface area contributed by atoms with Crippen molar-refractivity contribution >= 4 is 6.03 Å². The molecular formula is C29H45N3O2. The Bertz CT molecular complexity index is 836. The molecule has 0 radical (unpaired) electrons. The first kappa shape index (κ1) is 24.1. The molecule has 1 N–H and O–H groups in total. The lowest BCUT2D eigenvalue weighted by Gasteiger charge is -2.51. The van der Waals surface area contributed by atoms with Gasteiger partial charge in [0.15, 0.2) is 0 Å². The van der Waals surface area contributed by atoms with E-state index < -0.39 is 5.60 Å². The predicted molar refractivity (Wildman–Crippen MR) is 137 cm³/mol. The van der Waals surface area contributed by atoms with Crippen LogP contribution in [0, 0.1) is 5.92 Å². The summed E-state index contributed by atoms with van der Waals surface area (Å²) in [5.41, 5.74) is 0.840. The molecule has 1 saturated heterocycles. The minimum atomic E-state index is -0.562. The van der Waals surface area contributed by atoms with Gasteiger partial charge in [0.2, 0.25) is 0 Å². The summed E-state index contributed by atoms with van der Waals surface area (Å²) >= 11 is 0. The third-order valence-corrected chi connectivity index (χ3v) is 10.0. The molecule has 5 nitrogen and oxygen atoms in total. The molecule has 0 aromatic heterocycles. The first-order chi connectivity index (χ1) is 16.4. The van der Waals surface area contributed by atoms with Gasteiger partial charge in [0, 0.05) is 25.2 Å². The number of urea groups is 1. The number of nitrogens with zero attached hydrogens (tertiary/aromatic N) is 3. The van der Waals surface area contributed by atoms with E-state index in [1.54, 1.807) is 0 Å². The molecule has 5 heteroatoms. The molecule has 34 heavy (non-hydrogen) atoms. The fourth-order valence-corrected chi connectivity index (χ4v) is 7.36. The molecule has 1 aliphatic heterocycles. The van der Waals surface area contributed by atoms with Crippen LogP contribution in [0.15, 0.2) is 30.3 Å². The first-order valence-electron chi connectivity index (χ1n) is 13.9. The summed E-state index contributed by atoms with van der Waals surface area (Å²) in [6.45, 7) is 2.47. The lowest BCUT2D eigenvalue weighted by atomic mass is 9.68. The summed E-state index contributed by atoms with van der Waals surface area (Å²) in [4.78, 5) is 20.6. The molecule has 3 saturated carbocycles. The van der Waals surface area contributed by atoms with E-state index in [4.69, 9.17) is 0 Å². The molecule has 1 spiro atoms. The van der Waals surface area contributed by atoms with Gasteiger partial charge in [-0.05, 0) is 83.4 Å². The number of carbonyl (C=O) groups excluding carboxylic acids is 1. The summed E-state index contributed by atoms with van der Waals surface area (Å²) < 4.78 is 0. The fourth-order valence-electron chi connectivity index (χ4n) is 7.36. The molecule has 0 unspecified atom stereocenters. The highest BCUT2D eigenvalue weighted by Gasteiger charge is 2.55. The van der Waals surface area contributed by atoms with Crippen molar-refractivity contribution in [1.82, 2.24) is 14.7 Å². The first-order valence-corrected chi connectivity index (χ1v) is 13.9. The molecular weight excluding hydrogens is 422 g/mol. The number of aliphatic hydroxyl groups is 1. The lowest BCUT2D eigenvalue weighted by molar-refractivity contribution is -0.00925. The molecule has 0 bridgehead atoms. The van der Waals surface area contributed by atoms with Crippen LogP contribution >= 0.6 is 0 Å². The quantitative estimate of drug-likeness (QED) is 0.586. The van der Waals surface area contributed by atoms with E-state index in [1.807, 2.05) is 0 Å². The van der Waals surface area contributed by atoms with E-state index in [-0.39, 0.29) is 17.1 Å². The fraction of sp³-hybridized carbons (Fsp3) is 0.759. The minimum Gasteiger partial charge on any atom is -0.390 e. The van der Waals surface area contributed by atoms with Gasteiger partial charge in [0.1, 0.15) is 0 Å². The molecule has 1 aromatic rings. The van der Waals surface area contributed by atoms with Crippen molar-refractivity contribution in [3.63, 3.8) is 0 Å². The summed E-state index contributed by atoms with van der Waals surface area (Å²) in [5, 5.41) is 11.1. The highest BCUT2D eigenvalue weighted by Crippen LogP contribution is 2.49. The van der Waals surface area contributed by atoms with Crippen LogP contribution in [0.25, 0.3) is 0 Å². The van der Waals surface area contributed by atoms with Crippen LogP contribution < -0.4 is 0 Å². The smallest absolute Gasteiger partial charge is 0.320 e. The Morgan fingerprint density at radius 1 is 0.941 bits per heavy atom. The Balaban J connectivity index is 1.34. The number of hydrogen-bond donors (Lipinski definition) is 1. The molecule has 3 aliphatic carbocycles. The zero-order chi connectivity index (χ0) is 23.8. The van der Waals surface area contributed by atoms with Crippen LogP contribution in [-0.2, 0) is 5.54 Å². The average molecular weight is 468 g/mol. The highest BCUT2D eigenvalue weighted by atomic mass is 16.3. The van der Waals surface area contributed by atoms with Crippen molar-refractivity contribution in [1.29, 1.82) is 0 Å². The SMILES string of the molecule is CN(C)[C@]1(c2ccccc2)CC[C@@]2(CC1)CN(CCC1(O)CCCCC1)C(=O)N2CC1CCC1. The van der Waals surface area contributed by atoms with Gasteiger partial charge < -0.3 is 14.9 Å². The largest absolute Gasteiger partial charge is 0.390 e. The zero-order valence-electron chi connectivity index (χ0n) is 21.5. The monoisotopic (exact) mass is 467 g/mol. The summed E-state index contributed by atoms with van der Waals surface area (Å²) in [6, 6.07) is 11.2. The van der Waals surface area contributed by atoms with Gasteiger partial charge >= 0.3 is 6.03 Å². The second-order valence-corrected chi connectivity index (χ2v) is 12.2. The van der Waals surface area contributed by atoms with Gasteiger partial charge in [0.05, 0.1) is 11.1 Å². The maximum Gasteiger partial charge on any atom is 0.320 e. The Morgan fingerprint density at radius 3 is 2.21 bits per heavy atom. The number of benzene rings is 1. The summed E-state index contributed by atoms with van der Waals surface area (Å²) in [7, 11) is 4.43. The van der Waals surface area contributed by atoms with Crippen molar-refractivity contribution < 1.29 is 9.90 Å². The van der Waals surface area contributed by atoms with Crippen molar-refractivity contribution in [3.8, 4) is 0 Å². The van der Waals surface area contributed by atoms with Crippen LogP contribution in [0.4, 0.5) is 4.79 Å². The number of carbonyl (C=O) groups is 1. The van der Waals surface area contributed by atoms with Crippen LogP contribution in [-0.4, -0.2) is 70.7 Å². The molecule has 2 amide bonds. The Labute approximate surface area is 206 Å². The van der Waals surface area contributed by atoms with Crippen LogP contribution in [0.1, 0.15) is 89.0 Å². The normalized spacial score (nSPS) is 31.9. The minimum absolute atomic E-state index is 0.0440. The summed E-state index contributed by atoms with van der Waals surface area (Å²) in [5.74, 6) is 0.679. The zero-order valence-corrected chi connectivity index (χ0v) is 21.5. The number of amides is 2. The maximum absolute atomic E-state index is 13.8. The van der Waals surface area contributed by atoms with Crippen molar-refractivity contribution in [2.24, 2.45) is 5.92 Å². The Morgan fingerprint density at radius 2 is 1.62 bits per heavy atom. The molecule has 1 heterocycles. The molecule has 4 aliphatic rings. The number of hydrogen-bond acceptors (Lipinski definition) is 3. The van der Waals surface area contributed by atoms with E-state index in [0.29, 0.717) is 12.5 Å². The Kier molecular flexibility index (Phi) is 6.71. The van der Waals surface area contributed by atoms with Gasteiger partial charge in [-0.25, -0.2) is 4.79 Å². The van der Waals surface area contributed by atoms with Crippen molar-refractivity contribution in [3.05, 3.63) is 35.9 Å².